The van der Waals surface area contributed by atoms with Crippen LogP contribution in [0, 0.1) is 13.8 Å². The van der Waals surface area contributed by atoms with Crippen molar-refractivity contribution in [1.82, 2.24) is 24.6 Å². The van der Waals surface area contributed by atoms with Crippen molar-refractivity contribution in [3.05, 3.63) is 41.3 Å². The summed E-state index contributed by atoms with van der Waals surface area (Å²) in [5.41, 5.74) is 3.10. The molecule has 0 spiro atoms. The van der Waals surface area contributed by atoms with Crippen LogP contribution in [0.4, 0.5) is 10.6 Å². The largest absolute Gasteiger partial charge is 0.444 e. The number of rotatable bonds is 4. The number of ether oxygens (including phenoxy) is 2. The van der Waals surface area contributed by atoms with Gasteiger partial charge in [0.05, 0.1) is 24.4 Å². The average molecular weight is 493 g/mol. The zero-order valence-corrected chi connectivity index (χ0v) is 21.9. The lowest BCUT2D eigenvalue weighted by molar-refractivity contribution is 0.0205. The summed E-state index contributed by atoms with van der Waals surface area (Å²) in [4.78, 5) is 23.6. The molecule has 2 saturated heterocycles. The van der Waals surface area contributed by atoms with E-state index in [1.807, 2.05) is 49.5 Å². The number of aryl methyl sites for hydroxylation is 2. The van der Waals surface area contributed by atoms with Crippen molar-refractivity contribution in [2.45, 2.75) is 71.4 Å². The first-order valence-corrected chi connectivity index (χ1v) is 12.8. The van der Waals surface area contributed by atoms with Crippen molar-refractivity contribution in [2.24, 2.45) is 0 Å². The Morgan fingerprint density at radius 2 is 1.89 bits per heavy atom. The smallest absolute Gasteiger partial charge is 0.410 e. The van der Waals surface area contributed by atoms with E-state index in [9.17, 15) is 4.79 Å². The van der Waals surface area contributed by atoms with Gasteiger partial charge in [0.1, 0.15) is 17.2 Å². The third-order valence-electron chi connectivity index (χ3n) is 6.87. The van der Waals surface area contributed by atoms with Crippen LogP contribution in [0.3, 0.4) is 0 Å². The predicted molar refractivity (Wildman–Crippen MR) is 139 cm³/mol. The van der Waals surface area contributed by atoms with E-state index in [1.54, 1.807) is 0 Å². The number of nitrogens with zero attached hydrogens (tertiary/aromatic N) is 5. The Hall–Kier alpha value is -3.20. The number of aromatic nitrogens is 4. The van der Waals surface area contributed by atoms with Crippen LogP contribution in [0.25, 0.3) is 16.7 Å². The van der Waals surface area contributed by atoms with E-state index in [-0.39, 0.29) is 12.1 Å². The lowest BCUT2D eigenvalue weighted by Crippen LogP contribution is -2.41. The molecule has 2 aromatic heterocycles. The minimum Gasteiger partial charge on any atom is -0.444 e. The Labute approximate surface area is 212 Å². The molecule has 192 valence electrons. The van der Waals surface area contributed by atoms with Crippen molar-refractivity contribution < 1.29 is 14.3 Å². The highest BCUT2D eigenvalue weighted by Gasteiger charge is 2.28. The molecule has 9 nitrogen and oxygen atoms in total. The Balaban J connectivity index is 1.38. The van der Waals surface area contributed by atoms with E-state index in [0.717, 1.165) is 48.4 Å². The molecule has 0 bridgehead atoms. The number of benzene rings is 1. The fourth-order valence-corrected chi connectivity index (χ4v) is 5.12. The van der Waals surface area contributed by atoms with E-state index in [4.69, 9.17) is 9.47 Å². The van der Waals surface area contributed by atoms with Crippen LogP contribution >= 0.6 is 0 Å². The summed E-state index contributed by atoms with van der Waals surface area (Å²) in [5, 5.41) is 9.23. The van der Waals surface area contributed by atoms with Crippen LogP contribution in [0.1, 0.15) is 62.9 Å². The van der Waals surface area contributed by atoms with Crippen LogP contribution in [0.2, 0.25) is 0 Å². The number of carbonyl (C=O) groups is 1. The molecule has 2 aliphatic heterocycles. The zero-order chi connectivity index (χ0) is 25.4. The van der Waals surface area contributed by atoms with Crippen molar-refractivity contribution in [3.8, 4) is 5.82 Å². The van der Waals surface area contributed by atoms with Crippen molar-refractivity contribution in [2.75, 3.05) is 31.6 Å². The molecule has 36 heavy (non-hydrogen) atoms. The van der Waals surface area contributed by atoms with E-state index >= 15 is 0 Å². The lowest BCUT2D eigenvalue weighted by Gasteiger charge is -2.34. The number of nitrogens with one attached hydrogen (secondary N) is 1. The second-order valence-corrected chi connectivity index (χ2v) is 10.9. The third kappa shape index (κ3) is 5.31. The first-order chi connectivity index (χ1) is 17.2. The number of anilines is 1. The van der Waals surface area contributed by atoms with E-state index in [1.165, 1.54) is 11.1 Å². The first kappa shape index (κ1) is 24.5. The molecule has 1 atom stereocenters. The van der Waals surface area contributed by atoms with Crippen LogP contribution in [0.5, 0.6) is 0 Å². The Kier molecular flexibility index (Phi) is 6.59. The molecule has 1 aromatic carbocycles. The van der Waals surface area contributed by atoms with E-state index in [2.05, 4.69) is 39.4 Å². The van der Waals surface area contributed by atoms with Gasteiger partial charge in [0.15, 0.2) is 5.82 Å². The summed E-state index contributed by atoms with van der Waals surface area (Å²) in [6.07, 6.45) is 4.46. The molecule has 5 rings (SSSR count). The predicted octanol–water partition coefficient (Wildman–Crippen LogP) is 4.75. The number of amides is 1. The number of piperidine rings is 1. The van der Waals surface area contributed by atoms with Gasteiger partial charge < -0.3 is 19.7 Å². The maximum Gasteiger partial charge on any atom is 0.410 e. The van der Waals surface area contributed by atoms with Gasteiger partial charge in [0, 0.05) is 31.1 Å². The SMILES string of the molecule is Cc1nc(N[C@@H]2CCOC2)cc(-n2ncc3cc(C)c(C4CCN(C(=O)OC(C)(C)C)CC4)cc32)n1. The van der Waals surface area contributed by atoms with Crippen LogP contribution in [-0.4, -0.2) is 68.7 Å². The van der Waals surface area contributed by atoms with Crippen LogP contribution in [0.15, 0.2) is 24.4 Å². The van der Waals surface area contributed by atoms with Gasteiger partial charge in [-0.25, -0.2) is 19.4 Å². The molecule has 1 amide bonds. The molecule has 0 aliphatic carbocycles. The maximum absolute atomic E-state index is 12.5. The quantitative estimate of drug-likeness (QED) is 0.562. The minimum absolute atomic E-state index is 0.223. The summed E-state index contributed by atoms with van der Waals surface area (Å²) < 4.78 is 13.0. The Bertz CT molecular complexity index is 1250. The molecule has 2 fully saturated rings. The van der Waals surface area contributed by atoms with Crippen LogP contribution in [-0.2, 0) is 9.47 Å². The Morgan fingerprint density at radius 1 is 1.11 bits per heavy atom. The van der Waals surface area contributed by atoms with Gasteiger partial charge in [-0.3, -0.25) is 0 Å². The monoisotopic (exact) mass is 492 g/mol. The second kappa shape index (κ2) is 9.69. The summed E-state index contributed by atoms with van der Waals surface area (Å²) in [5.74, 6) is 2.61. The van der Waals surface area contributed by atoms with Gasteiger partial charge in [-0.1, -0.05) is 0 Å². The van der Waals surface area contributed by atoms with Gasteiger partial charge in [0.2, 0.25) is 0 Å². The number of carbonyl (C=O) groups excluding carboxylic acids is 1. The number of likely N-dealkylation sites (tertiary alicyclic amines) is 1. The highest BCUT2D eigenvalue weighted by atomic mass is 16.6. The normalized spacial score (nSPS) is 19.1. The van der Waals surface area contributed by atoms with Gasteiger partial charge >= 0.3 is 6.09 Å². The molecule has 0 saturated carbocycles. The maximum atomic E-state index is 12.5. The van der Waals surface area contributed by atoms with Gasteiger partial charge in [-0.15, -0.1) is 0 Å². The molecular weight excluding hydrogens is 456 g/mol. The van der Waals surface area contributed by atoms with Crippen molar-refractivity contribution in [1.29, 1.82) is 0 Å². The average Bonchev–Trinajstić information content (AvgIpc) is 3.46. The van der Waals surface area contributed by atoms with E-state index in [0.29, 0.717) is 31.4 Å². The summed E-state index contributed by atoms with van der Waals surface area (Å²) in [7, 11) is 0. The van der Waals surface area contributed by atoms with Gasteiger partial charge in [-0.05, 0) is 83.1 Å². The molecule has 2 aliphatic rings. The number of hydrogen-bond acceptors (Lipinski definition) is 7. The van der Waals surface area contributed by atoms with Crippen molar-refractivity contribution >= 4 is 22.8 Å². The number of fused-ring (bicyclic) bond motifs is 1. The Morgan fingerprint density at radius 3 is 2.58 bits per heavy atom. The second-order valence-electron chi connectivity index (χ2n) is 10.9. The third-order valence-corrected chi connectivity index (χ3v) is 6.87. The molecule has 0 unspecified atom stereocenters. The fraction of sp³-hybridized carbons (Fsp3) is 0.556. The highest BCUT2D eigenvalue weighted by Crippen LogP contribution is 2.34. The minimum atomic E-state index is -0.479. The number of hydrogen-bond donors (Lipinski definition) is 1. The summed E-state index contributed by atoms with van der Waals surface area (Å²) in [6.45, 7) is 12.6. The zero-order valence-electron chi connectivity index (χ0n) is 21.9. The summed E-state index contributed by atoms with van der Waals surface area (Å²) >= 11 is 0. The topological polar surface area (TPSA) is 94.4 Å². The first-order valence-electron chi connectivity index (χ1n) is 12.8. The molecule has 0 radical (unpaired) electrons. The molecule has 4 heterocycles. The van der Waals surface area contributed by atoms with Gasteiger partial charge in [0.25, 0.3) is 0 Å². The lowest BCUT2D eigenvalue weighted by atomic mass is 9.86. The van der Waals surface area contributed by atoms with Crippen molar-refractivity contribution in [3.63, 3.8) is 0 Å². The molecule has 1 N–H and O–H groups in total. The molecule has 9 heteroatoms. The fourth-order valence-electron chi connectivity index (χ4n) is 5.12. The molecular formula is C27H36N6O3. The van der Waals surface area contributed by atoms with Gasteiger partial charge in [-0.2, -0.15) is 5.10 Å². The standard InChI is InChI=1S/C27H36N6O3/c1-17-12-20-15-28-33(25-14-24(29-18(2)30-25)31-21-8-11-35-16-21)23(20)13-22(17)19-6-9-32(10-7-19)26(34)36-27(3,4)5/h12-15,19,21H,6-11,16H2,1-5H3,(H,29,30,31)/t21-/m1/s1. The van der Waals surface area contributed by atoms with E-state index < -0.39 is 5.60 Å². The molecule has 3 aromatic rings. The summed E-state index contributed by atoms with van der Waals surface area (Å²) in [6, 6.07) is 6.68. The van der Waals surface area contributed by atoms with Crippen LogP contribution < -0.4 is 5.32 Å². The highest BCUT2D eigenvalue weighted by molar-refractivity contribution is 5.82.